The molecule has 116 valence electrons. The lowest BCUT2D eigenvalue weighted by Crippen LogP contribution is -2.52. The molecule has 2 N–H and O–H groups in total. The molecule has 5 nitrogen and oxygen atoms in total. The van der Waals surface area contributed by atoms with Crippen LogP contribution in [0.2, 0.25) is 0 Å². The number of amides is 2. The molecular formula is C12H12F4N2O3. The predicted molar refractivity (Wildman–Crippen MR) is 65.0 cm³/mol. The number of ether oxygens (including phenoxy) is 1. The van der Waals surface area contributed by atoms with Gasteiger partial charge in [0.15, 0.2) is 0 Å². The first kappa shape index (κ1) is 16.7. The highest BCUT2D eigenvalue weighted by Crippen LogP contribution is 2.21. The van der Waals surface area contributed by atoms with Crippen LogP contribution < -0.4 is 10.6 Å². The Labute approximate surface area is 117 Å². The van der Waals surface area contributed by atoms with Crippen LogP contribution in [0.15, 0.2) is 24.3 Å². The number of rotatable bonds is 4. The van der Waals surface area contributed by atoms with Crippen molar-refractivity contribution in [2.45, 2.75) is 19.1 Å². The van der Waals surface area contributed by atoms with Crippen LogP contribution >= 0.6 is 0 Å². The highest BCUT2D eigenvalue weighted by molar-refractivity contribution is 5.92. The average Bonchev–Trinajstić information content (AvgIpc) is 2.37. The normalized spacial score (nSPS) is 12.4. The molecule has 9 heteroatoms. The summed E-state index contributed by atoms with van der Waals surface area (Å²) in [6.07, 6.45) is -4.99. The van der Waals surface area contributed by atoms with Crippen molar-refractivity contribution in [2.24, 2.45) is 0 Å². The zero-order chi connectivity index (χ0) is 16.0. The minimum absolute atomic E-state index is 0.0682. The number of hydrogen-bond donors (Lipinski definition) is 2. The van der Waals surface area contributed by atoms with Gasteiger partial charge in [0.2, 0.25) is 6.04 Å². The Balaban J connectivity index is 2.72. The second kappa shape index (κ2) is 6.91. The fourth-order valence-corrected chi connectivity index (χ4v) is 1.33. The summed E-state index contributed by atoms with van der Waals surface area (Å²) in [6.45, 7) is 1.08. The lowest BCUT2D eigenvalue weighted by atomic mass is 10.3. The van der Waals surface area contributed by atoms with Crippen molar-refractivity contribution in [3.05, 3.63) is 30.1 Å². The van der Waals surface area contributed by atoms with Gasteiger partial charge in [0.1, 0.15) is 5.82 Å². The monoisotopic (exact) mass is 308 g/mol. The maximum absolute atomic E-state index is 12.7. The number of urea groups is 1. The standard InChI is InChI=1S/C12H12F4N2O3/c1-2-21-10(19)9(12(14,15)16)18-11(20)17-8-5-3-7(13)4-6-8/h3-6,9H,2H2,1H3,(H2,17,18,20). The van der Waals surface area contributed by atoms with Gasteiger partial charge in [-0.05, 0) is 31.2 Å². The molecule has 0 fully saturated rings. The average molecular weight is 308 g/mol. The molecule has 1 atom stereocenters. The van der Waals surface area contributed by atoms with Crippen molar-refractivity contribution in [2.75, 3.05) is 11.9 Å². The first-order valence-electron chi connectivity index (χ1n) is 5.80. The lowest BCUT2D eigenvalue weighted by Gasteiger charge is -2.20. The van der Waals surface area contributed by atoms with Gasteiger partial charge < -0.3 is 15.4 Å². The number of anilines is 1. The van der Waals surface area contributed by atoms with Gasteiger partial charge in [0.05, 0.1) is 6.61 Å². The highest BCUT2D eigenvalue weighted by atomic mass is 19.4. The van der Waals surface area contributed by atoms with E-state index in [1.807, 2.05) is 5.32 Å². The van der Waals surface area contributed by atoms with Crippen LogP contribution in [0, 0.1) is 5.82 Å². The molecule has 0 saturated heterocycles. The molecule has 0 bridgehead atoms. The molecule has 0 radical (unpaired) electrons. The number of halogens is 4. The van der Waals surface area contributed by atoms with Crippen molar-refractivity contribution in [3.8, 4) is 0 Å². The topological polar surface area (TPSA) is 67.4 Å². The quantitative estimate of drug-likeness (QED) is 0.663. The van der Waals surface area contributed by atoms with Crippen LogP contribution in [-0.2, 0) is 9.53 Å². The van der Waals surface area contributed by atoms with Gasteiger partial charge >= 0.3 is 18.2 Å². The molecule has 0 heterocycles. The summed E-state index contributed by atoms with van der Waals surface area (Å²) in [4.78, 5) is 22.6. The molecule has 0 aromatic heterocycles. The molecule has 21 heavy (non-hydrogen) atoms. The Hall–Kier alpha value is -2.32. The van der Waals surface area contributed by atoms with Crippen LogP contribution in [0.4, 0.5) is 28.0 Å². The van der Waals surface area contributed by atoms with Crippen LogP contribution in [0.5, 0.6) is 0 Å². The second-order valence-electron chi connectivity index (χ2n) is 3.83. The van der Waals surface area contributed by atoms with Crippen LogP contribution in [0.25, 0.3) is 0 Å². The van der Waals surface area contributed by atoms with E-state index in [-0.39, 0.29) is 12.3 Å². The molecule has 1 rings (SSSR count). The van der Waals surface area contributed by atoms with E-state index >= 15 is 0 Å². The number of hydrogen-bond acceptors (Lipinski definition) is 3. The third-order valence-corrected chi connectivity index (χ3v) is 2.23. The van der Waals surface area contributed by atoms with Crippen LogP contribution in [0.3, 0.4) is 0 Å². The molecule has 0 aliphatic rings. The second-order valence-corrected chi connectivity index (χ2v) is 3.83. The van der Waals surface area contributed by atoms with E-state index in [4.69, 9.17) is 0 Å². The molecule has 2 amide bonds. The Morgan fingerprint density at radius 1 is 1.24 bits per heavy atom. The van der Waals surface area contributed by atoms with Gasteiger partial charge in [-0.3, -0.25) is 0 Å². The van der Waals surface area contributed by atoms with Gasteiger partial charge in [-0.2, -0.15) is 13.2 Å². The molecule has 0 aliphatic heterocycles. The molecule has 0 saturated carbocycles. The maximum atomic E-state index is 12.7. The number of nitrogens with one attached hydrogen (secondary N) is 2. The van der Waals surface area contributed by atoms with E-state index < -0.39 is 30.0 Å². The lowest BCUT2D eigenvalue weighted by molar-refractivity contribution is -0.182. The number of esters is 1. The molecule has 0 aliphatic carbocycles. The van der Waals surface area contributed by atoms with Gasteiger partial charge in [0, 0.05) is 5.69 Å². The molecular weight excluding hydrogens is 296 g/mol. The van der Waals surface area contributed by atoms with E-state index in [9.17, 15) is 27.2 Å². The fourth-order valence-electron chi connectivity index (χ4n) is 1.33. The van der Waals surface area contributed by atoms with Gasteiger partial charge in [0.25, 0.3) is 0 Å². The largest absolute Gasteiger partial charge is 0.464 e. The van der Waals surface area contributed by atoms with E-state index in [0.717, 1.165) is 24.3 Å². The summed E-state index contributed by atoms with van der Waals surface area (Å²) < 4.78 is 54.8. The third kappa shape index (κ3) is 5.28. The Morgan fingerprint density at radius 3 is 2.29 bits per heavy atom. The SMILES string of the molecule is CCOC(=O)C(NC(=O)Nc1ccc(F)cc1)C(F)(F)F. The zero-order valence-corrected chi connectivity index (χ0v) is 10.8. The predicted octanol–water partition coefficient (Wildman–Crippen LogP) is 2.44. The van der Waals surface area contributed by atoms with Gasteiger partial charge in [-0.25, -0.2) is 14.0 Å². The van der Waals surface area contributed by atoms with Crippen LogP contribution in [-0.4, -0.2) is 30.8 Å². The Morgan fingerprint density at radius 2 is 1.81 bits per heavy atom. The van der Waals surface area contributed by atoms with Gasteiger partial charge in [-0.1, -0.05) is 0 Å². The summed E-state index contributed by atoms with van der Waals surface area (Å²) in [5.41, 5.74) is 0.0682. The summed E-state index contributed by atoms with van der Waals surface area (Å²) in [7, 11) is 0. The highest BCUT2D eigenvalue weighted by Gasteiger charge is 2.47. The smallest absolute Gasteiger partial charge is 0.419 e. The molecule has 1 aromatic rings. The summed E-state index contributed by atoms with van der Waals surface area (Å²) in [5.74, 6) is -2.18. The third-order valence-electron chi connectivity index (χ3n) is 2.23. The Bertz CT molecular complexity index is 502. The number of carbonyl (C=O) groups is 2. The molecule has 1 aromatic carbocycles. The van der Waals surface area contributed by atoms with Crippen molar-refractivity contribution < 1.29 is 31.9 Å². The number of alkyl halides is 3. The van der Waals surface area contributed by atoms with Gasteiger partial charge in [-0.15, -0.1) is 0 Å². The van der Waals surface area contributed by atoms with Crippen molar-refractivity contribution in [1.29, 1.82) is 0 Å². The van der Waals surface area contributed by atoms with Crippen LogP contribution in [0.1, 0.15) is 6.92 Å². The number of carbonyl (C=O) groups excluding carboxylic acids is 2. The summed E-state index contributed by atoms with van der Waals surface area (Å²) in [6, 6.07) is 0.295. The minimum Gasteiger partial charge on any atom is -0.464 e. The zero-order valence-electron chi connectivity index (χ0n) is 10.8. The molecule has 0 spiro atoms. The van der Waals surface area contributed by atoms with Crippen molar-refractivity contribution in [3.63, 3.8) is 0 Å². The summed E-state index contributed by atoms with van der Waals surface area (Å²) >= 11 is 0. The summed E-state index contributed by atoms with van der Waals surface area (Å²) in [5, 5.41) is 3.51. The van der Waals surface area contributed by atoms with E-state index in [1.54, 1.807) is 0 Å². The van der Waals surface area contributed by atoms with E-state index in [1.165, 1.54) is 12.2 Å². The van der Waals surface area contributed by atoms with E-state index in [0.29, 0.717) is 0 Å². The first-order chi connectivity index (χ1) is 9.74. The Kier molecular flexibility index (Phi) is 5.51. The maximum Gasteiger partial charge on any atom is 0.419 e. The molecule has 1 unspecified atom stereocenters. The fraction of sp³-hybridized carbons (Fsp3) is 0.333. The number of benzene rings is 1. The van der Waals surface area contributed by atoms with Crippen molar-refractivity contribution >= 4 is 17.7 Å². The first-order valence-corrected chi connectivity index (χ1v) is 5.80. The van der Waals surface area contributed by atoms with E-state index in [2.05, 4.69) is 4.74 Å². The van der Waals surface area contributed by atoms with Crippen molar-refractivity contribution in [1.82, 2.24) is 5.32 Å². The minimum atomic E-state index is -4.99.